The molecular formula is C10H11NOS. The maximum atomic E-state index is 8.41. The molecule has 0 aromatic heterocycles. The van der Waals surface area contributed by atoms with Gasteiger partial charge in [-0.25, -0.2) is 0 Å². The third kappa shape index (κ3) is 3.10. The lowest BCUT2D eigenvalue weighted by atomic mass is 10.1. The number of benzene rings is 1. The predicted octanol–water partition coefficient (Wildman–Crippen LogP) is 2.59. The van der Waals surface area contributed by atoms with Crippen molar-refractivity contribution in [2.45, 2.75) is 6.10 Å². The molecule has 0 heterocycles. The molecule has 1 rings (SSSR count). The van der Waals surface area contributed by atoms with Crippen LogP contribution in [0.5, 0.6) is 0 Å². The number of hydrogen-bond donors (Lipinski definition) is 0. The topological polar surface area (TPSA) is 33.0 Å². The molecule has 1 atom stereocenters. The molecule has 0 fully saturated rings. The Balaban J connectivity index is 2.63. The summed E-state index contributed by atoms with van der Waals surface area (Å²) < 4.78 is 5.27. The Bertz CT molecular complexity index is 281. The van der Waals surface area contributed by atoms with Crippen molar-refractivity contribution < 1.29 is 4.74 Å². The number of methoxy groups -OCH3 is 1. The predicted molar refractivity (Wildman–Crippen MR) is 54.3 cm³/mol. The fourth-order valence-electron chi connectivity index (χ4n) is 1.08. The van der Waals surface area contributed by atoms with Gasteiger partial charge in [-0.05, 0) is 17.3 Å². The second-order valence-electron chi connectivity index (χ2n) is 2.54. The standard InChI is InChI=1S/C10H11NOS/c1-12-10(7-13-8-11)9-5-3-2-4-6-9/h2-6,10H,7H2,1H3. The Kier molecular flexibility index (Phi) is 4.37. The number of hydrogen-bond acceptors (Lipinski definition) is 3. The van der Waals surface area contributed by atoms with Gasteiger partial charge >= 0.3 is 0 Å². The molecule has 0 aliphatic heterocycles. The molecule has 0 bridgehead atoms. The first-order valence-electron chi connectivity index (χ1n) is 3.97. The summed E-state index contributed by atoms with van der Waals surface area (Å²) in [4.78, 5) is 0. The van der Waals surface area contributed by atoms with E-state index in [4.69, 9.17) is 10.00 Å². The Labute approximate surface area is 82.5 Å². The highest BCUT2D eigenvalue weighted by molar-refractivity contribution is 8.03. The van der Waals surface area contributed by atoms with Gasteiger partial charge in [0.15, 0.2) is 0 Å². The Morgan fingerprint density at radius 2 is 2.15 bits per heavy atom. The van der Waals surface area contributed by atoms with Crippen molar-refractivity contribution in [3.8, 4) is 5.40 Å². The van der Waals surface area contributed by atoms with Crippen LogP contribution in [0.2, 0.25) is 0 Å². The molecule has 13 heavy (non-hydrogen) atoms. The summed E-state index contributed by atoms with van der Waals surface area (Å²) in [5, 5.41) is 10.5. The van der Waals surface area contributed by atoms with Gasteiger partial charge in [-0.1, -0.05) is 30.3 Å². The van der Waals surface area contributed by atoms with E-state index >= 15 is 0 Å². The quantitative estimate of drug-likeness (QED) is 0.689. The van der Waals surface area contributed by atoms with Crippen LogP contribution >= 0.6 is 11.8 Å². The van der Waals surface area contributed by atoms with Crippen molar-refractivity contribution >= 4 is 11.8 Å². The molecule has 1 aromatic carbocycles. The van der Waals surface area contributed by atoms with E-state index in [2.05, 4.69) is 0 Å². The lowest BCUT2D eigenvalue weighted by molar-refractivity contribution is 0.123. The minimum atomic E-state index is 0.0193. The van der Waals surface area contributed by atoms with Crippen molar-refractivity contribution in [3.63, 3.8) is 0 Å². The van der Waals surface area contributed by atoms with Crippen LogP contribution in [0.3, 0.4) is 0 Å². The van der Waals surface area contributed by atoms with Crippen molar-refractivity contribution in [2.24, 2.45) is 0 Å². The lowest BCUT2D eigenvalue weighted by Gasteiger charge is -2.12. The molecule has 2 nitrogen and oxygen atoms in total. The average Bonchev–Trinajstić information content (AvgIpc) is 2.21. The molecular weight excluding hydrogens is 182 g/mol. The number of nitriles is 1. The summed E-state index contributed by atoms with van der Waals surface area (Å²) in [6, 6.07) is 9.92. The third-order valence-electron chi connectivity index (χ3n) is 1.76. The summed E-state index contributed by atoms with van der Waals surface area (Å²) in [7, 11) is 1.66. The first kappa shape index (κ1) is 10.1. The molecule has 0 radical (unpaired) electrons. The Morgan fingerprint density at radius 3 is 2.69 bits per heavy atom. The fourth-order valence-corrected chi connectivity index (χ4v) is 1.64. The van der Waals surface area contributed by atoms with Crippen LogP contribution in [0.4, 0.5) is 0 Å². The van der Waals surface area contributed by atoms with Gasteiger partial charge in [0.05, 0.1) is 6.10 Å². The number of rotatable bonds is 4. The van der Waals surface area contributed by atoms with Crippen LogP contribution in [0, 0.1) is 10.7 Å². The molecule has 0 spiro atoms. The minimum Gasteiger partial charge on any atom is -0.376 e. The molecule has 0 saturated heterocycles. The van der Waals surface area contributed by atoms with E-state index in [-0.39, 0.29) is 6.10 Å². The number of thioether (sulfide) groups is 1. The molecule has 1 aromatic rings. The lowest BCUT2D eigenvalue weighted by Crippen LogP contribution is -2.03. The van der Waals surface area contributed by atoms with Gasteiger partial charge in [-0.3, -0.25) is 0 Å². The van der Waals surface area contributed by atoms with Crippen LogP contribution in [0.15, 0.2) is 30.3 Å². The highest BCUT2D eigenvalue weighted by Gasteiger charge is 2.08. The van der Waals surface area contributed by atoms with E-state index in [1.54, 1.807) is 7.11 Å². The highest BCUT2D eigenvalue weighted by Crippen LogP contribution is 2.20. The van der Waals surface area contributed by atoms with Crippen molar-refractivity contribution in [1.29, 1.82) is 5.26 Å². The van der Waals surface area contributed by atoms with E-state index < -0.39 is 0 Å². The van der Waals surface area contributed by atoms with Crippen LogP contribution < -0.4 is 0 Å². The van der Waals surface area contributed by atoms with Gasteiger partial charge < -0.3 is 4.74 Å². The monoisotopic (exact) mass is 193 g/mol. The van der Waals surface area contributed by atoms with Crippen molar-refractivity contribution in [2.75, 3.05) is 12.9 Å². The maximum absolute atomic E-state index is 8.41. The van der Waals surface area contributed by atoms with Crippen molar-refractivity contribution in [3.05, 3.63) is 35.9 Å². The van der Waals surface area contributed by atoms with Gasteiger partial charge in [0.1, 0.15) is 5.40 Å². The van der Waals surface area contributed by atoms with Crippen LogP contribution in [-0.2, 0) is 4.74 Å². The van der Waals surface area contributed by atoms with Crippen LogP contribution in [-0.4, -0.2) is 12.9 Å². The molecule has 0 amide bonds. The van der Waals surface area contributed by atoms with E-state index in [1.807, 2.05) is 35.7 Å². The van der Waals surface area contributed by atoms with E-state index in [9.17, 15) is 0 Å². The van der Waals surface area contributed by atoms with E-state index in [0.29, 0.717) is 5.75 Å². The zero-order chi connectivity index (χ0) is 9.52. The maximum Gasteiger partial charge on any atom is 0.133 e. The smallest absolute Gasteiger partial charge is 0.133 e. The SMILES string of the molecule is COC(CSC#N)c1ccccc1. The first-order valence-corrected chi connectivity index (χ1v) is 4.95. The van der Waals surface area contributed by atoms with Crippen LogP contribution in [0.1, 0.15) is 11.7 Å². The third-order valence-corrected chi connectivity index (χ3v) is 2.35. The zero-order valence-corrected chi connectivity index (χ0v) is 8.25. The fraction of sp³-hybridized carbons (Fsp3) is 0.300. The van der Waals surface area contributed by atoms with Crippen molar-refractivity contribution in [1.82, 2.24) is 0 Å². The molecule has 0 saturated carbocycles. The Morgan fingerprint density at radius 1 is 1.46 bits per heavy atom. The molecule has 0 N–H and O–H groups in total. The number of nitrogens with zero attached hydrogens (tertiary/aromatic N) is 1. The second kappa shape index (κ2) is 5.63. The van der Waals surface area contributed by atoms with Gasteiger partial charge in [0.2, 0.25) is 0 Å². The summed E-state index contributed by atoms with van der Waals surface area (Å²) in [6.07, 6.45) is 0.0193. The second-order valence-corrected chi connectivity index (χ2v) is 3.34. The van der Waals surface area contributed by atoms with Crippen LogP contribution in [0.25, 0.3) is 0 Å². The van der Waals surface area contributed by atoms with Gasteiger partial charge in [-0.15, -0.1) is 0 Å². The largest absolute Gasteiger partial charge is 0.376 e. The minimum absolute atomic E-state index is 0.0193. The summed E-state index contributed by atoms with van der Waals surface area (Å²) >= 11 is 1.22. The van der Waals surface area contributed by atoms with E-state index in [0.717, 1.165) is 5.56 Å². The summed E-state index contributed by atoms with van der Waals surface area (Å²) in [5.74, 6) is 0.678. The normalized spacial score (nSPS) is 12.0. The van der Waals surface area contributed by atoms with Gasteiger partial charge in [-0.2, -0.15) is 5.26 Å². The molecule has 1 unspecified atom stereocenters. The van der Waals surface area contributed by atoms with Gasteiger partial charge in [0, 0.05) is 12.9 Å². The molecule has 68 valence electrons. The van der Waals surface area contributed by atoms with E-state index in [1.165, 1.54) is 11.8 Å². The Hall–Kier alpha value is -0.980. The molecule has 0 aliphatic carbocycles. The molecule has 0 aliphatic rings. The first-order chi connectivity index (χ1) is 6.38. The zero-order valence-electron chi connectivity index (χ0n) is 7.43. The molecule has 3 heteroatoms. The number of ether oxygens (including phenoxy) is 1. The number of thiocyanates is 1. The van der Waals surface area contributed by atoms with Gasteiger partial charge in [0.25, 0.3) is 0 Å². The summed E-state index contributed by atoms with van der Waals surface area (Å²) in [6.45, 7) is 0. The highest BCUT2D eigenvalue weighted by atomic mass is 32.2. The average molecular weight is 193 g/mol. The summed E-state index contributed by atoms with van der Waals surface area (Å²) in [5.41, 5.74) is 1.12.